The summed E-state index contributed by atoms with van der Waals surface area (Å²) in [5, 5.41) is 2.85. The lowest BCUT2D eigenvalue weighted by molar-refractivity contribution is -0.116. The number of rotatable bonds is 6. The van der Waals surface area contributed by atoms with Crippen molar-refractivity contribution in [2.45, 2.75) is 39.7 Å². The maximum atomic E-state index is 11.6. The van der Waals surface area contributed by atoms with Gasteiger partial charge in [-0.3, -0.25) is 4.79 Å². The first-order valence-electron chi connectivity index (χ1n) is 6.15. The number of benzene rings is 1. The van der Waals surface area contributed by atoms with E-state index in [1.54, 1.807) is 0 Å². The molecule has 4 heteroatoms. The molecule has 1 rings (SSSR count). The van der Waals surface area contributed by atoms with Crippen LogP contribution in [0.4, 0.5) is 5.69 Å². The van der Waals surface area contributed by atoms with Gasteiger partial charge in [0.05, 0.1) is 6.10 Å². The number of hydrogen-bond donors (Lipinski definition) is 1. The Balaban J connectivity index is 2.70. The molecule has 1 amide bonds. The molecule has 0 aliphatic heterocycles. The summed E-state index contributed by atoms with van der Waals surface area (Å²) in [6.07, 6.45) is 1.25. The maximum absolute atomic E-state index is 11.6. The number of carbonyl (C=O) groups is 1. The molecule has 1 aromatic rings. The molecule has 100 valence electrons. The van der Waals surface area contributed by atoms with Crippen LogP contribution in [-0.4, -0.2) is 17.9 Å². The molecule has 0 bridgehead atoms. The monoisotopic (exact) mass is 269 g/mol. The summed E-state index contributed by atoms with van der Waals surface area (Å²) in [5.74, 6) is 1.26. The topological polar surface area (TPSA) is 38.3 Å². The Kier molecular flexibility index (Phi) is 5.99. The van der Waals surface area contributed by atoms with Crippen LogP contribution in [0.25, 0.3) is 0 Å². The first-order valence-corrected chi connectivity index (χ1v) is 6.69. The Morgan fingerprint density at radius 3 is 2.72 bits per heavy atom. The quantitative estimate of drug-likeness (QED) is 0.799. The van der Waals surface area contributed by atoms with Crippen molar-refractivity contribution in [3.05, 3.63) is 23.8 Å². The van der Waals surface area contributed by atoms with Gasteiger partial charge in [-0.15, -0.1) is 11.6 Å². The summed E-state index contributed by atoms with van der Waals surface area (Å²) in [6, 6.07) is 5.71. The van der Waals surface area contributed by atoms with E-state index in [9.17, 15) is 4.79 Å². The zero-order chi connectivity index (χ0) is 13.5. The first-order chi connectivity index (χ1) is 8.51. The molecule has 3 nitrogen and oxygen atoms in total. The number of aryl methyl sites for hydroxylation is 1. The lowest BCUT2D eigenvalue weighted by Gasteiger charge is -2.13. The van der Waals surface area contributed by atoms with Gasteiger partial charge in [-0.25, -0.2) is 0 Å². The third-order valence-electron chi connectivity index (χ3n) is 2.24. The van der Waals surface area contributed by atoms with Crippen LogP contribution < -0.4 is 10.1 Å². The number of ether oxygens (including phenoxy) is 1. The van der Waals surface area contributed by atoms with Crippen molar-refractivity contribution in [2.24, 2.45) is 0 Å². The second-order valence-corrected chi connectivity index (χ2v) is 4.92. The molecule has 0 atom stereocenters. The zero-order valence-corrected chi connectivity index (χ0v) is 11.9. The largest absolute Gasteiger partial charge is 0.491 e. The normalized spacial score (nSPS) is 10.5. The molecular formula is C14H20ClNO2. The average molecular weight is 270 g/mol. The van der Waals surface area contributed by atoms with Gasteiger partial charge in [-0.05, 0) is 44.9 Å². The van der Waals surface area contributed by atoms with E-state index in [0.29, 0.717) is 18.7 Å². The molecule has 0 aliphatic carbocycles. The van der Waals surface area contributed by atoms with E-state index >= 15 is 0 Å². The summed E-state index contributed by atoms with van der Waals surface area (Å²) < 4.78 is 5.63. The van der Waals surface area contributed by atoms with E-state index in [-0.39, 0.29) is 12.0 Å². The van der Waals surface area contributed by atoms with E-state index in [0.717, 1.165) is 17.0 Å². The van der Waals surface area contributed by atoms with Crippen LogP contribution in [0.2, 0.25) is 0 Å². The van der Waals surface area contributed by atoms with E-state index in [4.69, 9.17) is 16.3 Å². The van der Waals surface area contributed by atoms with Gasteiger partial charge in [0.2, 0.25) is 5.91 Å². The fraction of sp³-hybridized carbons (Fsp3) is 0.500. The summed E-state index contributed by atoms with van der Waals surface area (Å²) in [6.45, 7) is 5.92. The highest BCUT2D eigenvalue weighted by Gasteiger charge is 2.05. The summed E-state index contributed by atoms with van der Waals surface area (Å²) in [4.78, 5) is 11.6. The Morgan fingerprint density at radius 1 is 1.39 bits per heavy atom. The summed E-state index contributed by atoms with van der Waals surface area (Å²) in [7, 11) is 0. The maximum Gasteiger partial charge on any atom is 0.224 e. The van der Waals surface area contributed by atoms with E-state index in [1.807, 2.05) is 39.0 Å². The van der Waals surface area contributed by atoms with Gasteiger partial charge in [0, 0.05) is 24.1 Å². The van der Waals surface area contributed by atoms with Gasteiger partial charge in [-0.2, -0.15) is 0 Å². The molecule has 0 aromatic heterocycles. The summed E-state index contributed by atoms with van der Waals surface area (Å²) in [5.41, 5.74) is 1.83. The van der Waals surface area contributed by atoms with Crippen LogP contribution in [-0.2, 0) is 4.79 Å². The Hall–Kier alpha value is -1.22. The molecule has 0 heterocycles. The van der Waals surface area contributed by atoms with Gasteiger partial charge in [0.15, 0.2) is 0 Å². The SMILES string of the molecule is Cc1cc(NC(=O)CCCCl)cc(OC(C)C)c1. The zero-order valence-electron chi connectivity index (χ0n) is 11.1. The van der Waals surface area contributed by atoms with Gasteiger partial charge in [-0.1, -0.05) is 0 Å². The molecule has 0 aliphatic rings. The fourth-order valence-corrected chi connectivity index (χ4v) is 1.74. The minimum atomic E-state index is -0.0169. The van der Waals surface area contributed by atoms with E-state index in [2.05, 4.69) is 5.32 Å². The fourth-order valence-electron chi connectivity index (χ4n) is 1.61. The number of carbonyl (C=O) groups excluding carboxylic acids is 1. The number of alkyl halides is 1. The standard InChI is InChI=1S/C14H20ClNO2/c1-10(2)18-13-8-11(3)7-12(9-13)16-14(17)5-4-6-15/h7-10H,4-6H2,1-3H3,(H,16,17). The highest BCUT2D eigenvalue weighted by atomic mass is 35.5. The van der Waals surface area contributed by atoms with Crippen LogP contribution in [0.5, 0.6) is 5.75 Å². The molecule has 0 saturated carbocycles. The van der Waals surface area contributed by atoms with Gasteiger partial charge >= 0.3 is 0 Å². The lowest BCUT2D eigenvalue weighted by Crippen LogP contribution is -2.12. The van der Waals surface area contributed by atoms with Crippen molar-refractivity contribution in [1.82, 2.24) is 0 Å². The molecule has 0 saturated heterocycles. The van der Waals surface area contributed by atoms with Crippen molar-refractivity contribution in [1.29, 1.82) is 0 Å². The van der Waals surface area contributed by atoms with Crippen molar-refractivity contribution in [2.75, 3.05) is 11.2 Å². The van der Waals surface area contributed by atoms with Gasteiger partial charge in [0.25, 0.3) is 0 Å². The van der Waals surface area contributed by atoms with E-state index < -0.39 is 0 Å². The Labute approximate surface area is 113 Å². The van der Waals surface area contributed by atoms with Crippen LogP contribution in [0.3, 0.4) is 0 Å². The molecule has 1 aromatic carbocycles. The third kappa shape index (κ3) is 5.41. The predicted molar refractivity (Wildman–Crippen MR) is 75.5 cm³/mol. The highest BCUT2D eigenvalue weighted by Crippen LogP contribution is 2.21. The van der Waals surface area contributed by atoms with Crippen molar-refractivity contribution in [3.63, 3.8) is 0 Å². The number of nitrogens with one attached hydrogen (secondary N) is 1. The third-order valence-corrected chi connectivity index (χ3v) is 2.51. The van der Waals surface area contributed by atoms with Crippen LogP contribution in [0, 0.1) is 6.92 Å². The van der Waals surface area contributed by atoms with Gasteiger partial charge in [0.1, 0.15) is 5.75 Å². The minimum Gasteiger partial charge on any atom is -0.491 e. The number of amides is 1. The number of halogens is 1. The molecule has 0 unspecified atom stereocenters. The van der Waals surface area contributed by atoms with Crippen molar-refractivity contribution >= 4 is 23.2 Å². The minimum absolute atomic E-state index is 0.0169. The predicted octanol–water partition coefficient (Wildman–Crippen LogP) is 3.74. The molecule has 1 N–H and O–H groups in total. The van der Waals surface area contributed by atoms with Crippen LogP contribution >= 0.6 is 11.6 Å². The molecule has 0 spiro atoms. The second kappa shape index (κ2) is 7.27. The van der Waals surface area contributed by atoms with E-state index in [1.165, 1.54) is 0 Å². The number of hydrogen-bond acceptors (Lipinski definition) is 2. The lowest BCUT2D eigenvalue weighted by atomic mass is 10.2. The molecule has 0 fully saturated rings. The number of anilines is 1. The van der Waals surface area contributed by atoms with Crippen molar-refractivity contribution in [3.8, 4) is 5.75 Å². The van der Waals surface area contributed by atoms with Crippen LogP contribution in [0.15, 0.2) is 18.2 Å². The molecule has 18 heavy (non-hydrogen) atoms. The van der Waals surface area contributed by atoms with Crippen LogP contribution in [0.1, 0.15) is 32.3 Å². The summed E-state index contributed by atoms with van der Waals surface area (Å²) >= 11 is 5.56. The van der Waals surface area contributed by atoms with Crippen molar-refractivity contribution < 1.29 is 9.53 Å². The average Bonchev–Trinajstić information content (AvgIpc) is 2.24. The Morgan fingerprint density at radius 2 is 2.11 bits per heavy atom. The molecular weight excluding hydrogens is 250 g/mol. The highest BCUT2D eigenvalue weighted by molar-refractivity contribution is 6.18. The smallest absolute Gasteiger partial charge is 0.224 e. The van der Waals surface area contributed by atoms with Gasteiger partial charge < -0.3 is 10.1 Å². The Bertz CT molecular complexity index is 405. The molecule has 0 radical (unpaired) electrons. The first kappa shape index (κ1) is 14.8. The second-order valence-electron chi connectivity index (χ2n) is 4.54.